The average molecular weight is 365 g/mol. The Balaban J connectivity index is 1.94. The number of rotatable bonds is 4. The lowest BCUT2D eigenvalue weighted by atomic mass is 9.81. The van der Waals surface area contributed by atoms with Crippen LogP contribution in [0.25, 0.3) is 0 Å². The molecule has 2 aromatic rings. The Labute approximate surface area is 160 Å². The van der Waals surface area contributed by atoms with E-state index >= 15 is 0 Å². The summed E-state index contributed by atoms with van der Waals surface area (Å²) in [7, 11) is 0. The lowest BCUT2D eigenvalue weighted by molar-refractivity contribution is 0.129. The SMILES string of the molecule is CC1(C)Cc2cc(OCCO)c3c(c2C(c2ccccc2)=N1)CC(C)(C)O3. The van der Waals surface area contributed by atoms with Crippen molar-refractivity contribution in [2.75, 3.05) is 13.2 Å². The average Bonchev–Trinajstić information content (AvgIpc) is 2.94. The van der Waals surface area contributed by atoms with Crippen LogP contribution in [0.4, 0.5) is 0 Å². The van der Waals surface area contributed by atoms with Gasteiger partial charge in [0.2, 0.25) is 0 Å². The van der Waals surface area contributed by atoms with Crippen molar-refractivity contribution in [3.63, 3.8) is 0 Å². The second-order valence-electron chi connectivity index (χ2n) is 8.64. The van der Waals surface area contributed by atoms with Crippen molar-refractivity contribution in [3.8, 4) is 11.5 Å². The summed E-state index contributed by atoms with van der Waals surface area (Å²) >= 11 is 0. The number of ether oxygens (including phenoxy) is 2. The first-order valence-corrected chi connectivity index (χ1v) is 9.57. The van der Waals surface area contributed by atoms with Crippen LogP contribution < -0.4 is 9.47 Å². The molecule has 0 spiro atoms. The molecule has 0 aromatic heterocycles. The number of aliphatic hydroxyl groups excluding tert-OH is 1. The lowest BCUT2D eigenvalue weighted by Gasteiger charge is -2.31. The van der Waals surface area contributed by atoms with Crippen molar-refractivity contribution in [2.45, 2.75) is 51.7 Å². The van der Waals surface area contributed by atoms with Gasteiger partial charge in [-0.2, -0.15) is 0 Å². The van der Waals surface area contributed by atoms with Crippen LogP contribution in [0.15, 0.2) is 41.4 Å². The minimum absolute atomic E-state index is 0.0164. The van der Waals surface area contributed by atoms with E-state index in [2.05, 4.69) is 58.0 Å². The predicted octanol–water partition coefficient (Wildman–Crippen LogP) is 3.94. The summed E-state index contributed by atoms with van der Waals surface area (Å²) in [6.45, 7) is 8.78. The molecule has 4 heteroatoms. The summed E-state index contributed by atoms with van der Waals surface area (Å²) in [4.78, 5) is 5.12. The summed E-state index contributed by atoms with van der Waals surface area (Å²) in [6, 6.07) is 12.5. The first-order valence-electron chi connectivity index (χ1n) is 9.57. The number of hydrogen-bond acceptors (Lipinski definition) is 4. The van der Waals surface area contributed by atoms with Gasteiger partial charge >= 0.3 is 0 Å². The first kappa shape index (κ1) is 18.1. The van der Waals surface area contributed by atoms with Gasteiger partial charge < -0.3 is 14.6 Å². The molecule has 2 aliphatic rings. The molecular formula is C23H27NO3. The molecule has 0 unspecified atom stereocenters. The van der Waals surface area contributed by atoms with E-state index in [-0.39, 0.29) is 24.4 Å². The van der Waals surface area contributed by atoms with Crippen LogP contribution >= 0.6 is 0 Å². The Kier molecular flexibility index (Phi) is 4.26. The highest BCUT2D eigenvalue weighted by Crippen LogP contribution is 2.47. The van der Waals surface area contributed by atoms with Crippen molar-refractivity contribution in [1.82, 2.24) is 0 Å². The Morgan fingerprint density at radius 1 is 1.11 bits per heavy atom. The smallest absolute Gasteiger partial charge is 0.166 e. The minimum Gasteiger partial charge on any atom is -0.487 e. The van der Waals surface area contributed by atoms with Crippen LogP contribution in [-0.2, 0) is 12.8 Å². The normalized spacial score (nSPS) is 18.9. The van der Waals surface area contributed by atoms with E-state index in [1.54, 1.807) is 0 Å². The van der Waals surface area contributed by atoms with E-state index < -0.39 is 0 Å². The Hall–Kier alpha value is -2.33. The third-order valence-electron chi connectivity index (χ3n) is 5.08. The zero-order valence-electron chi connectivity index (χ0n) is 16.5. The van der Waals surface area contributed by atoms with Gasteiger partial charge in [0, 0.05) is 23.1 Å². The van der Waals surface area contributed by atoms with Crippen molar-refractivity contribution in [2.24, 2.45) is 4.99 Å². The summed E-state index contributed by atoms with van der Waals surface area (Å²) in [6.07, 6.45) is 1.66. The highest BCUT2D eigenvalue weighted by Gasteiger charge is 2.39. The molecule has 0 saturated carbocycles. The van der Waals surface area contributed by atoms with Gasteiger partial charge in [0.05, 0.1) is 17.9 Å². The van der Waals surface area contributed by atoms with Crippen molar-refractivity contribution >= 4 is 5.71 Å². The maximum atomic E-state index is 9.21. The molecule has 0 saturated heterocycles. The Morgan fingerprint density at radius 3 is 2.56 bits per heavy atom. The number of benzene rings is 2. The molecule has 0 bridgehead atoms. The number of aliphatic imine (C=N–C) groups is 1. The third-order valence-corrected chi connectivity index (χ3v) is 5.08. The van der Waals surface area contributed by atoms with E-state index in [1.165, 1.54) is 16.7 Å². The van der Waals surface area contributed by atoms with Crippen molar-refractivity contribution in [1.29, 1.82) is 0 Å². The maximum absolute atomic E-state index is 9.21. The van der Waals surface area contributed by atoms with E-state index in [9.17, 15) is 5.11 Å². The summed E-state index contributed by atoms with van der Waals surface area (Å²) in [5, 5.41) is 9.21. The van der Waals surface area contributed by atoms with Gasteiger partial charge in [-0.1, -0.05) is 30.3 Å². The van der Waals surface area contributed by atoms with Gasteiger partial charge in [0.15, 0.2) is 11.5 Å². The van der Waals surface area contributed by atoms with Crippen LogP contribution in [0.2, 0.25) is 0 Å². The molecule has 0 aliphatic carbocycles. The number of hydrogen-bond donors (Lipinski definition) is 1. The molecule has 2 aromatic carbocycles. The zero-order chi connectivity index (χ0) is 19.2. The Bertz CT molecular complexity index is 898. The second-order valence-corrected chi connectivity index (χ2v) is 8.64. The van der Waals surface area contributed by atoms with E-state index in [0.29, 0.717) is 0 Å². The Morgan fingerprint density at radius 2 is 1.85 bits per heavy atom. The molecule has 2 aliphatic heterocycles. The van der Waals surface area contributed by atoms with Crippen LogP contribution in [0.1, 0.15) is 49.9 Å². The van der Waals surface area contributed by atoms with Gasteiger partial charge in [0.25, 0.3) is 0 Å². The highest BCUT2D eigenvalue weighted by atomic mass is 16.5. The third kappa shape index (κ3) is 3.34. The van der Waals surface area contributed by atoms with E-state index in [1.807, 2.05) is 6.07 Å². The summed E-state index contributed by atoms with van der Waals surface area (Å²) in [5.74, 6) is 1.53. The molecular weight excluding hydrogens is 338 g/mol. The molecule has 2 heterocycles. The first-order chi connectivity index (χ1) is 12.8. The van der Waals surface area contributed by atoms with Crippen molar-refractivity contribution < 1.29 is 14.6 Å². The van der Waals surface area contributed by atoms with Gasteiger partial charge in [0.1, 0.15) is 12.2 Å². The fourth-order valence-electron chi connectivity index (χ4n) is 4.14. The van der Waals surface area contributed by atoms with Gasteiger partial charge in [-0.3, -0.25) is 4.99 Å². The monoisotopic (exact) mass is 365 g/mol. The zero-order valence-corrected chi connectivity index (χ0v) is 16.5. The van der Waals surface area contributed by atoms with Gasteiger partial charge in [-0.15, -0.1) is 0 Å². The standard InChI is InChI=1S/C23H27NO3/c1-22(2)13-16-12-18(26-11-10-25)21-17(14-23(3,4)27-21)19(16)20(24-22)15-8-6-5-7-9-15/h5-9,12,25H,10-11,13-14H2,1-4H3. The topological polar surface area (TPSA) is 51.0 Å². The van der Waals surface area contributed by atoms with Crippen LogP contribution in [0.3, 0.4) is 0 Å². The maximum Gasteiger partial charge on any atom is 0.166 e. The number of aliphatic hydroxyl groups is 1. The molecule has 0 amide bonds. The number of fused-ring (bicyclic) bond motifs is 3. The quantitative estimate of drug-likeness (QED) is 0.893. The fraction of sp³-hybridized carbons (Fsp3) is 0.435. The number of nitrogens with zero attached hydrogens (tertiary/aromatic N) is 1. The van der Waals surface area contributed by atoms with Gasteiger partial charge in [-0.25, -0.2) is 0 Å². The minimum atomic E-state index is -0.288. The highest BCUT2D eigenvalue weighted by molar-refractivity contribution is 6.16. The van der Waals surface area contributed by atoms with Gasteiger partial charge in [-0.05, 0) is 45.7 Å². The molecule has 0 radical (unpaired) electrons. The predicted molar refractivity (Wildman–Crippen MR) is 107 cm³/mol. The molecule has 1 N–H and O–H groups in total. The van der Waals surface area contributed by atoms with E-state index in [4.69, 9.17) is 14.5 Å². The van der Waals surface area contributed by atoms with Crippen LogP contribution in [0, 0.1) is 0 Å². The fourth-order valence-corrected chi connectivity index (χ4v) is 4.14. The van der Waals surface area contributed by atoms with Crippen LogP contribution in [0.5, 0.6) is 11.5 Å². The molecule has 0 atom stereocenters. The largest absolute Gasteiger partial charge is 0.487 e. The summed E-state index contributed by atoms with van der Waals surface area (Å²) in [5.41, 5.74) is 5.29. The molecule has 142 valence electrons. The second kappa shape index (κ2) is 6.38. The lowest BCUT2D eigenvalue weighted by Crippen LogP contribution is -2.30. The summed E-state index contributed by atoms with van der Waals surface area (Å²) < 4.78 is 12.1. The van der Waals surface area contributed by atoms with Crippen molar-refractivity contribution in [3.05, 3.63) is 58.7 Å². The molecule has 4 nitrogen and oxygen atoms in total. The molecule has 4 rings (SSSR count). The van der Waals surface area contributed by atoms with E-state index in [0.717, 1.165) is 35.6 Å². The molecule has 27 heavy (non-hydrogen) atoms. The van der Waals surface area contributed by atoms with Crippen LogP contribution in [-0.4, -0.2) is 35.2 Å². The molecule has 0 fully saturated rings.